The SMILES string of the molecule is CCN(Cc1ccc2c(c1)OCCO2)S(=O)(=O)c1cc(C)ccc1C. The molecule has 0 aromatic heterocycles. The van der Waals surface area contributed by atoms with Crippen LogP contribution in [0.5, 0.6) is 11.5 Å². The van der Waals surface area contributed by atoms with E-state index in [0.29, 0.717) is 42.7 Å². The first-order chi connectivity index (χ1) is 11.9. The third-order valence-corrected chi connectivity index (χ3v) is 6.34. The van der Waals surface area contributed by atoms with Gasteiger partial charge in [-0.1, -0.05) is 25.1 Å². The zero-order valence-electron chi connectivity index (χ0n) is 14.8. The third kappa shape index (κ3) is 3.65. The van der Waals surface area contributed by atoms with Crippen LogP contribution in [0.15, 0.2) is 41.3 Å². The average Bonchev–Trinajstić information content (AvgIpc) is 2.61. The van der Waals surface area contributed by atoms with Crippen LogP contribution in [-0.2, 0) is 16.6 Å². The van der Waals surface area contributed by atoms with Crippen LogP contribution in [0.25, 0.3) is 0 Å². The van der Waals surface area contributed by atoms with Gasteiger partial charge in [-0.15, -0.1) is 0 Å². The van der Waals surface area contributed by atoms with Crippen LogP contribution in [0.3, 0.4) is 0 Å². The largest absolute Gasteiger partial charge is 0.486 e. The van der Waals surface area contributed by atoms with E-state index in [1.807, 2.05) is 51.1 Å². The molecule has 0 spiro atoms. The van der Waals surface area contributed by atoms with Crippen molar-refractivity contribution in [2.24, 2.45) is 0 Å². The molecular formula is C19H23NO4S. The molecule has 134 valence electrons. The van der Waals surface area contributed by atoms with Gasteiger partial charge in [-0.05, 0) is 48.7 Å². The molecule has 0 amide bonds. The predicted molar refractivity (Wildman–Crippen MR) is 96.6 cm³/mol. The topological polar surface area (TPSA) is 55.8 Å². The van der Waals surface area contributed by atoms with Crippen molar-refractivity contribution in [2.75, 3.05) is 19.8 Å². The lowest BCUT2D eigenvalue weighted by Crippen LogP contribution is -2.31. The normalized spacial score (nSPS) is 13.9. The number of hydrogen-bond donors (Lipinski definition) is 0. The molecule has 2 aromatic carbocycles. The Kier molecular flexibility index (Phi) is 5.01. The van der Waals surface area contributed by atoms with Crippen LogP contribution in [-0.4, -0.2) is 32.5 Å². The second-order valence-corrected chi connectivity index (χ2v) is 8.08. The summed E-state index contributed by atoms with van der Waals surface area (Å²) in [6.45, 7) is 7.30. The van der Waals surface area contributed by atoms with Crippen LogP contribution in [0.4, 0.5) is 0 Å². The van der Waals surface area contributed by atoms with Gasteiger partial charge in [-0.3, -0.25) is 0 Å². The Labute approximate surface area is 149 Å². The second-order valence-electron chi connectivity index (χ2n) is 6.18. The minimum absolute atomic E-state index is 0.294. The highest BCUT2D eigenvalue weighted by atomic mass is 32.2. The zero-order valence-corrected chi connectivity index (χ0v) is 15.6. The van der Waals surface area contributed by atoms with Crippen molar-refractivity contribution in [3.63, 3.8) is 0 Å². The summed E-state index contributed by atoms with van der Waals surface area (Å²) in [6, 6.07) is 11.1. The average molecular weight is 361 g/mol. The molecule has 0 atom stereocenters. The molecule has 0 N–H and O–H groups in total. The van der Waals surface area contributed by atoms with Gasteiger partial charge < -0.3 is 9.47 Å². The van der Waals surface area contributed by atoms with E-state index in [1.54, 1.807) is 6.07 Å². The predicted octanol–water partition coefficient (Wildman–Crippen LogP) is 3.29. The van der Waals surface area contributed by atoms with E-state index in [-0.39, 0.29) is 0 Å². The molecule has 1 aliphatic rings. The molecule has 0 unspecified atom stereocenters. The minimum Gasteiger partial charge on any atom is -0.486 e. The van der Waals surface area contributed by atoms with Crippen molar-refractivity contribution in [2.45, 2.75) is 32.2 Å². The summed E-state index contributed by atoms with van der Waals surface area (Å²) in [7, 11) is -3.56. The van der Waals surface area contributed by atoms with Crippen molar-refractivity contribution in [1.29, 1.82) is 0 Å². The Balaban J connectivity index is 1.90. The fourth-order valence-electron chi connectivity index (χ4n) is 2.88. The van der Waals surface area contributed by atoms with E-state index in [1.165, 1.54) is 4.31 Å². The number of benzene rings is 2. The molecule has 0 fully saturated rings. The molecule has 0 saturated heterocycles. The molecule has 25 heavy (non-hydrogen) atoms. The fraction of sp³-hybridized carbons (Fsp3) is 0.368. The Bertz CT molecular complexity index is 877. The van der Waals surface area contributed by atoms with Crippen molar-refractivity contribution in [1.82, 2.24) is 4.31 Å². The molecule has 5 nitrogen and oxygen atoms in total. The van der Waals surface area contributed by atoms with E-state index in [0.717, 1.165) is 16.7 Å². The minimum atomic E-state index is -3.56. The molecule has 2 aromatic rings. The van der Waals surface area contributed by atoms with Crippen LogP contribution >= 0.6 is 0 Å². The number of nitrogens with zero attached hydrogens (tertiary/aromatic N) is 1. The first-order valence-corrected chi connectivity index (χ1v) is 9.81. The molecule has 0 aliphatic carbocycles. The van der Waals surface area contributed by atoms with Gasteiger partial charge in [-0.25, -0.2) is 8.42 Å². The highest BCUT2D eigenvalue weighted by molar-refractivity contribution is 7.89. The summed E-state index contributed by atoms with van der Waals surface area (Å²) in [5.41, 5.74) is 2.56. The summed E-state index contributed by atoms with van der Waals surface area (Å²) < 4.78 is 38.8. The van der Waals surface area contributed by atoms with Gasteiger partial charge in [0.05, 0.1) is 4.90 Å². The molecule has 6 heteroatoms. The van der Waals surface area contributed by atoms with E-state index < -0.39 is 10.0 Å². The Morgan fingerprint density at radius 1 is 1.00 bits per heavy atom. The lowest BCUT2D eigenvalue weighted by Gasteiger charge is -2.23. The van der Waals surface area contributed by atoms with Gasteiger partial charge >= 0.3 is 0 Å². The number of ether oxygens (including phenoxy) is 2. The van der Waals surface area contributed by atoms with Gasteiger partial charge in [0.1, 0.15) is 13.2 Å². The van der Waals surface area contributed by atoms with Gasteiger partial charge in [0.15, 0.2) is 11.5 Å². The van der Waals surface area contributed by atoms with Crippen molar-refractivity contribution in [3.8, 4) is 11.5 Å². The van der Waals surface area contributed by atoms with Gasteiger partial charge in [0.2, 0.25) is 10.0 Å². The van der Waals surface area contributed by atoms with Gasteiger partial charge in [-0.2, -0.15) is 4.31 Å². The Morgan fingerprint density at radius 2 is 1.72 bits per heavy atom. The molecule has 0 radical (unpaired) electrons. The molecule has 1 heterocycles. The van der Waals surface area contributed by atoms with Crippen LogP contribution in [0.2, 0.25) is 0 Å². The summed E-state index contributed by atoms with van der Waals surface area (Å²) in [5, 5.41) is 0. The number of aryl methyl sites for hydroxylation is 2. The first-order valence-electron chi connectivity index (χ1n) is 8.37. The van der Waals surface area contributed by atoms with Crippen molar-refractivity contribution in [3.05, 3.63) is 53.1 Å². The maximum atomic E-state index is 13.1. The summed E-state index contributed by atoms with van der Waals surface area (Å²) in [5.74, 6) is 1.37. The third-order valence-electron chi connectivity index (χ3n) is 4.28. The monoisotopic (exact) mass is 361 g/mol. The van der Waals surface area contributed by atoms with Gasteiger partial charge in [0.25, 0.3) is 0 Å². The Hall–Kier alpha value is -2.05. The molecule has 1 aliphatic heterocycles. The van der Waals surface area contributed by atoms with Crippen molar-refractivity contribution < 1.29 is 17.9 Å². The first kappa shape index (κ1) is 17.8. The molecule has 0 saturated carbocycles. The van der Waals surface area contributed by atoms with Crippen molar-refractivity contribution >= 4 is 10.0 Å². The summed E-state index contributed by atoms with van der Waals surface area (Å²) in [6.07, 6.45) is 0. The lowest BCUT2D eigenvalue weighted by molar-refractivity contribution is 0.171. The molecular weight excluding hydrogens is 338 g/mol. The quantitative estimate of drug-likeness (QED) is 0.820. The van der Waals surface area contributed by atoms with Gasteiger partial charge in [0, 0.05) is 13.1 Å². The summed E-state index contributed by atoms with van der Waals surface area (Å²) >= 11 is 0. The van der Waals surface area contributed by atoms with E-state index in [4.69, 9.17) is 9.47 Å². The summed E-state index contributed by atoms with van der Waals surface area (Å²) in [4.78, 5) is 0.367. The van der Waals surface area contributed by atoms with Crippen LogP contribution in [0.1, 0.15) is 23.6 Å². The number of fused-ring (bicyclic) bond motifs is 1. The second kappa shape index (κ2) is 7.06. The highest BCUT2D eigenvalue weighted by Gasteiger charge is 2.25. The Morgan fingerprint density at radius 3 is 2.44 bits per heavy atom. The standard InChI is InChI=1S/C19H23NO4S/c1-4-20(25(21,22)19-11-14(2)5-6-15(19)3)13-16-7-8-17-18(12-16)24-10-9-23-17/h5-8,11-12H,4,9-10,13H2,1-3H3. The van der Waals surface area contributed by atoms with Crippen LogP contribution in [0, 0.1) is 13.8 Å². The number of sulfonamides is 1. The maximum absolute atomic E-state index is 13.1. The smallest absolute Gasteiger partial charge is 0.243 e. The van der Waals surface area contributed by atoms with E-state index in [2.05, 4.69) is 0 Å². The lowest BCUT2D eigenvalue weighted by atomic mass is 10.2. The zero-order chi connectivity index (χ0) is 18.0. The van der Waals surface area contributed by atoms with Crippen LogP contribution < -0.4 is 9.47 Å². The molecule has 0 bridgehead atoms. The number of rotatable bonds is 5. The van der Waals surface area contributed by atoms with E-state index in [9.17, 15) is 8.42 Å². The molecule has 3 rings (SSSR count). The highest BCUT2D eigenvalue weighted by Crippen LogP contribution is 2.32. The number of hydrogen-bond acceptors (Lipinski definition) is 4. The maximum Gasteiger partial charge on any atom is 0.243 e. The fourth-order valence-corrected chi connectivity index (χ4v) is 4.63. The van der Waals surface area contributed by atoms with E-state index >= 15 is 0 Å².